The van der Waals surface area contributed by atoms with Crippen molar-refractivity contribution in [2.75, 3.05) is 6.54 Å². The van der Waals surface area contributed by atoms with Crippen LogP contribution in [0.3, 0.4) is 0 Å². The van der Waals surface area contributed by atoms with Gasteiger partial charge in [-0.15, -0.1) is 0 Å². The predicted molar refractivity (Wildman–Crippen MR) is 110 cm³/mol. The van der Waals surface area contributed by atoms with Gasteiger partial charge in [0, 0.05) is 17.6 Å². The summed E-state index contributed by atoms with van der Waals surface area (Å²) in [5.74, 6) is -0.448. The van der Waals surface area contributed by atoms with Gasteiger partial charge in [0.05, 0.1) is 24.5 Å². The predicted octanol–water partition coefficient (Wildman–Crippen LogP) is 3.32. The summed E-state index contributed by atoms with van der Waals surface area (Å²) in [7, 11) is 0. The Kier molecular flexibility index (Phi) is 4.71. The molecule has 0 unspecified atom stereocenters. The maximum atomic E-state index is 13.3. The van der Waals surface area contributed by atoms with Gasteiger partial charge in [0.15, 0.2) is 0 Å². The highest BCUT2D eigenvalue weighted by atomic mass is 35.5. The van der Waals surface area contributed by atoms with Crippen LogP contribution in [0.2, 0.25) is 5.02 Å². The molecule has 1 aromatic carbocycles. The third-order valence-electron chi connectivity index (χ3n) is 7.24. The van der Waals surface area contributed by atoms with E-state index in [1.54, 1.807) is 4.90 Å². The highest BCUT2D eigenvalue weighted by Gasteiger charge is 2.66. The van der Waals surface area contributed by atoms with Crippen molar-refractivity contribution in [1.82, 2.24) is 10.2 Å². The second-order valence-electron chi connectivity index (χ2n) is 9.06. The summed E-state index contributed by atoms with van der Waals surface area (Å²) in [6, 6.07) is 7.77. The minimum atomic E-state index is -0.677. The molecule has 154 valence electrons. The maximum absolute atomic E-state index is 13.3. The molecule has 0 aromatic heterocycles. The number of rotatable bonds is 4. The lowest BCUT2D eigenvalue weighted by Crippen LogP contribution is -2.49. The van der Waals surface area contributed by atoms with Gasteiger partial charge < -0.3 is 15.0 Å². The average molecular weight is 415 g/mol. The normalized spacial score (nSPS) is 37.8. The number of carbonyl (C=O) groups excluding carboxylic acids is 2. The Morgan fingerprint density at radius 2 is 2.10 bits per heavy atom. The average Bonchev–Trinajstić information content (AvgIpc) is 3.34. The number of halogens is 1. The molecule has 1 spiro atoms. The van der Waals surface area contributed by atoms with Crippen LogP contribution in [0.1, 0.15) is 38.2 Å². The van der Waals surface area contributed by atoms with Crippen molar-refractivity contribution in [3.05, 3.63) is 47.0 Å². The van der Waals surface area contributed by atoms with E-state index in [1.165, 1.54) is 6.42 Å². The molecule has 1 saturated carbocycles. The molecular formula is C23H27ClN2O3. The molecule has 5 nitrogen and oxygen atoms in total. The van der Waals surface area contributed by atoms with Crippen LogP contribution in [0.25, 0.3) is 0 Å². The van der Waals surface area contributed by atoms with Crippen molar-refractivity contribution in [1.29, 1.82) is 0 Å². The second-order valence-corrected chi connectivity index (χ2v) is 9.47. The fourth-order valence-corrected chi connectivity index (χ4v) is 5.85. The van der Waals surface area contributed by atoms with Crippen LogP contribution < -0.4 is 5.32 Å². The molecule has 2 bridgehead atoms. The minimum absolute atomic E-state index is 0.00591. The first-order chi connectivity index (χ1) is 14.0. The van der Waals surface area contributed by atoms with Crippen molar-refractivity contribution in [2.24, 2.45) is 17.8 Å². The molecule has 6 atom stereocenters. The summed E-state index contributed by atoms with van der Waals surface area (Å²) in [4.78, 5) is 28.4. The van der Waals surface area contributed by atoms with E-state index in [0.717, 1.165) is 24.8 Å². The van der Waals surface area contributed by atoms with E-state index in [0.29, 0.717) is 24.0 Å². The number of hydrogen-bond donors (Lipinski definition) is 1. The number of amides is 2. The first-order valence-corrected chi connectivity index (χ1v) is 11.1. The van der Waals surface area contributed by atoms with E-state index in [2.05, 4.69) is 12.2 Å². The monoisotopic (exact) mass is 414 g/mol. The Labute approximate surface area is 176 Å². The maximum Gasteiger partial charge on any atom is 0.230 e. The van der Waals surface area contributed by atoms with Gasteiger partial charge in [0.2, 0.25) is 11.8 Å². The topological polar surface area (TPSA) is 58.6 Å². The molecule has 1 aromatic rings. The van der Waals surface area contributed by atoms with Crippen LogP contribution in [0.5, 0.6) is 0 Å². The Morgan fingerprint density at radius 1 is 1.31 bits per heavy atom. The van der Waals surface area contributed by atoms with E-state index in [-0.39, 0.29) is 24.0 Å². The molecule has 3 aliphatic heterocycles. The number of carbonyl (C=O) groups is 2. The Morgan fingerprint density at radius 3 is 2.90 bits per heavy atom. The van der Waals surface area contributed by atoms with Gasteiger partial charge in [-0.25, -0.2) is 0 Å². The Bertz CT molecular complexity index is 871. The Balaban J connectivity index is 1.35. The van der Waals surface area contributed by atoms with Gasteiger partial charge in [-0.2, -0.15) is 0 Å². The molecule has 3 heterocycles. The number of hydrogen-bond acceptors (Lipinski definition) is 3. The fraction of sp³-hybridized carbons (Fsp3) is 0.565. The molecule has 0 radical (unpaired) electrons. The fourth-order valence-electron chi connectivity index (χ4n) is 5.65. The largest absolute Gasteiger partial charge is 0.360 e. The number of likely N-dealkylation sites (tertiary alicyclic amines) is 1. The van der Waals surface area contributed by atoms with Crippen LogP contribution in [0, 0.1) is 17.8 Å². The van der Waals surface area contributed by atoms with E-state index >= 15 is 0 Å². The zero-order valence-corrected chi connectivity index (χ0v) is 17.4. The highest BCUT2D eigenvalue weighted by Crippen LogP contribution is 2.52. The van der Waals surface area contributed by atoms with Crippen LogP contribution in [0.15, 0.2) is 36.4 Å². The van der Waals surface area contributed by atoms with Gasteiger partial charge in [0.1, 0.15) is 5.60 Å². The molecule has 3 fully saturated rings. The smallest absolute Gasteiger partial charge is 0.230 e. The number of nitrogens with zero attached hydrogens (tertiary/aromatic N) is 1. The lowest BCUT2D eigenvalue weighted by Gasteiger charge is -2.32. The second kappa shape index (κ2) is 7.13. The van der Waals surface area contributed by atoms with E-state index < -0.39 is 17.4 Å². The first kappa shape index (κ1) is 19.1. The number of nitrogens with one attached hydrogen (secondary N) is 1. The third-order valence-corrected chi connectivity index (χ3v) is 7.61. The van der Waals surface area contributed by atoms with Gasteiger partial charge in [0.25, 0.3) is 0 Å². The summed E-state index contributed by atoms with van der Waals surface area (Å²) in [6.45, 7) is 3.11. The van der Waals surface area contributed by atoms with E-state index in [4.69, 9.17) is 16.3 Å². The lowest BCUT2D eigenvalue weighted by atomic mass is 9.76. The van der Waals surface area contributed by atoms with Gasteiger partial charge >= 0.3 is 0 Å². The minimum Gasteiger partial charge on any atom is -0.360 e. The van der Waals surface area contributed by atoms with Crippen molar-refractivity contribution in [2.45, 2.75) is 56.9 Å². The summed E-state index contributed by atoms with van der Waals surface area (Å²) < 4.78 is 6.23. The van der Waals surface area contributed by atoms with Crippen LogP contribution >= 0.6 is 11.6 Å². The van der Waals surface area contributed by atoms with Crippen LogP contribution in [-0.2, 0) is 20.9 Å². The summed E-state index contributed by atoms with van der Waals surface area (Å²) in [6.07, 6.45) is 8.21. The number of benzene rings is 1. The molecule has 2 saturated heterocycles. The molecule has 29 heavy (non-hydrogen) atoms. The SMILES string of the molecule is C[C@@H]1CCCC[C@@H]1NC(=O)[C@H]1[C@H]2C=C[C@@]3(CN(Cc4ccccc4Cl)C(=O)[C@@H]13)O2. The summed E-state index contributed by atoms with van der Waals surface area (Å²) in [5, 5.41) is 3.90. The standard InChI is InChI=1S/C23H27ClN2O3/c1-14-6-2-5-9-17(14)25-21(27)19-18-10-11-23(29-18)13-26(22(28)20(19)23)12-15-7-3-4-8-16(15)24/h3-4,7-8,10-11,14,17-20H,2,5-6,9,12-13H2,1H3,(H,25,27)/t14-,17+,18-,19+,20-,23+/m1/s1. The molecule has 1 N–H and O–H groups in total. The number of ether oxygens (including phenoxy) is 1. The van der Waals surface area contributed by atoms with Crippen LogP contribution in [-0.4, -0.2) is 41.0 Å². The van der Waals surface area contributed by atoms with Crippen LogP contribution in [0.4, 0.5) is 0 Å². The number of fused-ring (bicyclic) bond motifs is 1. The van der Waals surface area contributed by atoms with Gasteiger partial charge in [-0.1, -0.05) is 61.7 Å². The molecule has 4 aliphatic rings. The first-order valence-electron chi connectivity index (χ1n) is 10.7. The Hall–Kier alpha value is -1.85. The van der Waals surface area contributed by atoms with E-state index in [9.17, 15) is 9.59 Å². The van der Waals surface area contributed by atoms with Crippen molar-refractivity contribution >= 4 is 23.4 Å². The quantitative estimate of drug-likeness (QED) is 0.769. The van der Waals surface area contributed by atoms with Crippen molar-refractivity contribution < 1.29 is 14.3 Å². The van der Waals surface area contributed by atoms with Gasteiger partial charge in [-0.05, 0) is 30.4 Å². The van der Waals surface area contributed by atoms with E-state index in [1.807, 2.05) is 36.4 Å². The van der Waals surface area contributed by atoms with Crippen molar-refractivity contribution in [3.63, 3.8) is 0 Å². The summed E-state index contributed by atoms with van der Waals surface area (Å²) in [5.41, 5.74) is 0.234. The third kappa shape index (κ3) is 3.10. The van der Waals surface area contributed by atoms with Crippen molar-refractivity contribution in [3.8, 4) is 0 Å². The molecule has 2 amide bonds. The van der Waals surface area contributed by atoms with Gasteiger partial charge in [-0.3, -0.25) is 9.59 Å². The summed E-state index contributed by atoms with van der Waals surface area (Å²) >= 11 is 6.30. The molecule has 5 rings (SSSR count). The molecular weight excluding hydrogens is 388 g/mol. The molecule has 1 aliphatic carbocycles. The highest BCUT2D eigenvalue weighted by molar-refractivity contribution is 6.31. The zero-order valence-electron chi connectivity index (χ0n) is 16.6. The molecule has 6 heteroatoms. The lowest BCUT2D eigenvalue weighted by molar-refractivity contribution is -0.138. The zero-order chi connectivity index (χ0) is 20.2.